The van der Waals surface area contributed by atoms with Crippen LogP contribution in [0.4, 0.5) is 8.78 Å². The Morgan fingerprint density at radius 3 is 2.44 bits per heavy atom. The molecule has 1 aromatic rings. The molecule has 3 aliphatic rings. The van der Waals surface area contributed by atoms with E-state index in [-0.39, 0.29) is 23.9 Å². The molecular formula is C20H23F2NO4. The summed E-state index contributed by atoms with van der Waals surface area (Å²) in [5.41, 5.74) is -0.948. The molecular weight excluding hydrogens is 356 g/mol. The highest BCUT2D eigenvalue weighted by atomic mass is 19.1. The highest BCUT2D eigenvalue weighted by Gasteiger charge is 2.52. The largest absolute Gasteiger partial charge is 0.481 e. The van der Waals surface area contributed by atoms with Crippen LogP contribution in [0.1, 0.15) is 31.2 Å². The third kappa shape index (κ3) is 3.22. The fourth-order valence-corrected chi connectivity index (χ4v) is 4.76. The topological polar surface area (TPSA) is 66.8 Å². The summed E-state index contributed by atoms with van der Waals surface area (Å²) in [6.07, 6.45) is 2.61. The van der Waals surface area contributed by atoms with Gasteiger partial charge < -0.3 is 14.7 Å². The molecule has 146 valence electrons. The Kier molecular flexibility index (Phi) is 4.66. The molecule has 2 aliphatic heterocycles. The van der Waals surface area contributed by atoms with Gasteiger partial charge in [-0.15, -0.1) is 0 Å². The van der Waals surface area contributed by atoms with E-state index in [0.717, 1.165) is 18.9 Å². The molecule has 27 heavy (non-hydrogen) atoms. The average molecular weight is 379 g/mol. The normalized spacial score (nSPS) is 27.6. The molecule has 1 aromatic carbocycles. The summed E-state index contributed by atoms with van der Waals surface area (Å²) < 4.78 is 33.4. The van der Waals surface area contributed by atoms with E-state index in [1.54, 1.807) is 4.90 Å². The van der Waals surface area contributed by atoms with E-state index in [2.05, 4.69) is 0 Å². The van der Waals surface area contributed by atoms with E-state index in [1.165, 1.54) is 12.1 Å². The van der Waals surface area contributed by atoms with Crippen molar-refractivity contribution in [2.45, 2.75) is 31.1 Å². The molecule has 3 fully saturated rings. The van der Waals surface area contributed by atoms with Crippen molar-refractivity contribution in [3.8, 4) is 0 Å². The summed E-state index contributed by atoms with van der Waals surface area (Å²) in [4.78, 5) is 26.8. The molecule has 2 heterocycles. The van der Waals surface area contributed by atoms with Crippen LogP contribution < -0.4 is 0 Å². The molecule has 0 aromatic heterocycles. The van der Waals surface area contributed by atoms with E-state index >= 15 is 0 Å². The van der Waals surface area contributed by atoms with Crippen LogP contribution in [0.2, 0.25) is 0 Å². The van der Waals surface area contributed by atoms with E-state index in [9.17, 15) is 23.5 Å². The van der Waals surface area contributed by atoms with Gasteiger partial charge in [-0.2, -0.15) is 0 Å². The van der Waals surface area contributed by atoms with E-state index in [0.29, 0.717) is 38.5 Å². The van der Waals surface area contributed by atoms with Gasteiger partial charge in [-0.1, -0.05) is 6.07 Å². The Labute approximate surface area is 156 Å². The second kappa shape index (κ2) is 6.86. The van der Waals surface area contributed by atoms with E-state index < -0.39 is 28.9 Å². The van der Waals surface area contributed by atoms with Crippen LogP contribution in [-0.2, 0) is 19.7 Å². The summed E-state index contributed by atoms with van der Waals surface area (Å²) in [6, 6.07) is 3.31. The van der Waals surface area contributed by atoms with Crippen molar-refractivity contribution in [3.05, 3.63) is 35.4 Å². The minimum absolute atomic E-state index is 0.0404. The molecule has 2 saturated heterocycles. The number of benzene rings is 1. The molecule has 7 heteroatoms. The number of carboxylic acids is 1. The van der Waals surface area contributed by atoms with Crippen LogP contribution in [0.15, 0.2) is 18.2 Å². The van der Waals surface area contributed by atoms with Crippen LogP contribution >= 0.6 is 0 Å². The molecule has 5 nitrogen and oxygen atoms in total. The van der Waals surface area contributed by atoms with Crippen LogP contribution in [-0.4, -0.2) is 48.2 Å². The molecule has 2 atom stereocenters. The van der Waals surface area contributed by atoms with Crippen molar-refractivity contribution in [3.63, 3.8) is 0 Å². The van der Waals surface area contributed by atoms with E-state index in [4.69, 9.17) is 4.74 Å². The third-order valence-corrected chi connectivity index (χ3v) is 6.40. The Hall–Kier alpha value is -2.02. The predicted molar refractivity (Wildman–Crippen MR) is 92.0 cm³/mol. The lowest BCUT2D eigenvalue weighted by molar-refractivity contribution is -0.143. The maximum absolute atomic E-state index is 14.6. The molecule has 0 radical (unpaired) electrons. The van der Waals surface area contributed by atoms with Crippen LogP contribution in [0.25, 0.3) is 0 Å². The fraction of sp³-hybridized carbons (Fsp3) is 0.600. The van der Waals surface area contributed by atoms with Gasteiger partial charge in [-0.05, 0) is 43.6 Å². The highest BCUT2D eigenvalue weighted by molar-refractivity contribution is 5.89. The maximum atomic E-state index is 14.6. The maximum Gasteiger partial charge on any atom is 0.308 e. The molecule has 1 N–H and O–H groups in total. The monoisotopic (exact) mass is 379 g/mol. The molecule has 1 saturated carbocycles. The standard InChI is InChI=1S/C20H23F2NO4/c21-13-3-4-16(17(22)9-13)20(5-7-27-8-6-20)19(26)23-10-14(12-1-2-12)15(11-23)18(24)25/h3-4,9,12,14-15H,1-2,5-8,10-11H2,(H,24,25)/t14-,15+/m1/s1. The quantitative estimate of drug-likeness (QED) is 0.873. The fourth-order valence-electron chi connectivity index (χ4n) is 4.76. The average Bonchev–Trinajstić information content (AvgIpc) is 3.39. The lowest BCUT2D eigenvalue weighted by Crippen LogP contribution is -2.50. The molecule has 0 spiro atoms. The summed E-state index contributed by atoms with van der Waals surface area (Å²) in [5, 5.41) is 9.57. The number of carbonyl (C=O) groups excluding carboxylic acids is 1. The number of rotatable bonds is 4. The van der Waals surface area contributed by atoms with Crippen molar-refractivity contribution in [1.29, 1.82) is 0 Å². The van der Waals surface area contributed by atoms with Crippen molar-refractivity contribution in [1.82, 2.24) is 4.90 Å². The van der Waals surface area contributed by atoms with Gasteiger partial charge in [0.15, 0.2) is 0 Å². The second-order valence-electron chi connectivity index (χ2n) is 7.97. The zero-order valence-electron chi connectivity index (χ0n) is 15.0. The van der Waals surface area contributed by atoms with Crippen LogP contribution in [0.5, 0.6) is 0 Å². The number of ether oxygens (including phenoxy) is 1. The first-order valence-corrected chi connectivity index (χ1v) is 9.48. The first-order valence-electron chi connectivity index (χ1n) is 9.48. The Morgan fingerprint density at radius 2 is 1.85 bits per heavy atom. The smallest absolute Gasteiger partial charge is 0.308 e. The van der Waals surface area contributed by atoms with Gasteiger partial charge in [0.25, 0.3) is 0 Å². The third-order valence-electron chi connectivity index (χ3n) is 6.40. The number of likely N-dealkylation sites (tertiary alicyclic amines) is 1. The minimum atomic E-state index is -1.13. The summed E-state index contributed by atoms with van der Waals surface area (Å²) in [6.45, 7) is 1.17. The number of nitrogens with zero attached hydrogens (tertiary/aromatic N) is 1. The van der Waals surface area contributed by atoms with Crippen molar-refractivity contribution >= 4 is 11.9 Å². The van der Waals surface area contributed by atoms with Gasteiger partial charge in [-0.25, -0.2) is 8.78 Å². The molecule has 1 aliphatic carbocycles. The van der Waals surface area contributed by atoms with Gasteiger partial charge in [0.2, 0.25) is 5.91 Å². The zero-order chi connectivity index (χ0) is 19.2. The van der Waals surface area contributed by atoms with Gasteiger partial charge in [0.05, 0.1) is 11.3 Å². The first-order chi connectivity index (χ1) is 12.9. The Balaban J connectivity index is 1.66. The second-order valence-corrected chi connectivity index (χ2v) is 7.97. The minimum Gasteiger partial charge on any atom is -0.481 e. The highest BCUT2D eigenvalue weighted by Crippen LogP contribution is 2.46. The molecule has 1 amide bonds. The Bertz CT molecular complexity index is 758. The number of aliphatic carboxylic acids is 1. The summed E-state index contributed by atoms with van der Waals surface area (Å²) >= 11 is 0. The van der Waals surface area contributed by atoms with Gasteiger partial charge in [0.1, 0.15) is 11.6 Å². The van der Waals surface area contributed by atoms with Crippen LogP contribution in [0, 0.1) is 29.4 Å². The van der Waals surface area contributed by atoms with Crippen molar-refractivity contribution < 1.29 is 28.2 Å². The lowest BCUT2D eigenvalue weighted by atomic mass is 9.72. The number of hydrogen-bond donors (Lipinski definition) is 1. The number of amides is 1. The Morgan fingerprint density at radius 1 is 1.15 bits per heavy atom. The SMILES string of the molecule is O=C(O)[C@H]1CN(C(=O)C2(c3ccc(F)cc3F)CCOCC2)C[C@@H]1C1CC1. The molecule has 0 unspecified atom stereocenters. The van der Waals surface area contributed by atoms with Gasteiger partial charge in [0, 0.05) is 37.9 Å². The molecule has 0 bridgehead atoms. The van der Waals surface area contributed by atoms with E-state index in [1.807, 2.05) is 0 Å². The van der Waals surface area contributed by atoms with Gasteiger partial charge in [-0.3, -0.25) is 9.59 Å². The van der Waals surface area contributed by atoms with Crippen molar-refractivity contribution in [2.24, 2.45) is 17.8 Å². The number of hydrogen-bond acceptors (Lipinski definition) is 3. The zero-order valence-corrected chi connectivity index (χ0v) is 15.0. The summed E-state index contributed by atoms with van der Waals surface area (Å²) in [7, 11) is 0. The number of carbonyl (C=O) groups is 2. The first kappa shape index (κ1) is 18.3. The predicted octanol–water partition coefficient (Wildman–Crippen LogP) is 2.58. The molecule has 4 rings (SSSR count). The van der Waals surface area contributed by atoms with Crippen LogP contribution in [0.3, 0.4) is 0 Å². The number of halogens is 2. The van der Waals surface area contributed by atoms with Crippen molar-refractivity contribution in [2.75, 3.05) is 26.3 Å². The van der Waals surface area contributed by atoms with Gasteiger partial charge >= 0.3 is 5.97 Å². The number of carboxylic acid groups (broad SMARTS) is 1. The summed E-state index contributed by atoms with van der Waals surface area (Å²) in [5.74, 6) is -2.82. The lowest BCUT2D eigenvalue weighted by Gasteiger charge is -2.39.